The maximum Gasteiger partial charge on any atom is 0.341 e. The van der Waals surface area contributed by atoms with Crippen LogP contribution in [0, 0.1) is 0 Å². The predicted octanol–water partition coefficient (Wildman–Crippen LogP) is 2.66. The lowest BCUT2D eigenvalue weighted by atomic mass is 9.95. The summed E-state index contributed by atoms with van der Waals surface area (Å²) >= 11 is 1.66. The first-order valence-electron chi connectivity index (χ1n) is 7.73. The molecule has 2 aromatic heterocycles. The predicted molar refractivity (Wildman–Crippen MR) is 89.3 cm³/mol. The third kappa shape index (κ3) is 3.17. The Morgan fingerprint density at radius 3 is 2.61 bits per heavy atom. The Labute approximate surface area is 139 Å². The number of thiophene rings is 1. The molecule has 0 bridgehead atoms. The molecule has 0 aromatic carbocycles. The summed E-state index contributed by atoms with van der Waals surface area (Å²) in [5.41, 5.74) is 1.74. The van der Waals surface area contributed by atoms with Gasteiger partial charge >= 0.3 is 5.97 Å². The minimum Gasteiger partial charge on any atom is -0.452 e. The summed E-state index contributed by atoms with van der Waals surface area (Å²) in [7, 11) is 3.29. The number of rotatable bonds is 4. The van der Waals surface area contributed by atoms with E-state index in [0.29, 0.717) is 5.56 Å². The molecule has 1 aliphatic carbocycles. The minimum atomic E-state index is -0.400. The maximum absolute atomic E-state index is 12.6. The van der Waals surface area contributed by atoms with Gasteiger partial charge in [0.2, 0.25) is 0 Å². The molecular weight excluding hydrogens is 312 g/mol. The van der Waals surface area contributed by atoms with Crippen molar-refractivity contribution in [2.75, 3.05) is 20.7 Å². The van der Waals surface area contributed by atoms with Crippen molar-refractivity contribution in [2.24, 2.45) is 0 Å². The molecule has 0 atom stereocenters. The van der Waals surface area contributed by atoms with Crippen molar-refractivity contribution in [1.29, 1.82) is 0 Å². The van der Waals surface area contributed by atoms with Crippen LogP contribution in [0.1, 0.15) is 33.6 Å². The fourth-order valence-electron chi connectivity index (χ4n) is 2.74. The van der Waals surface area contributed by atoms with Gasteiger partial charge in [-0.3, -0.25) is 4.79 Å². The minimum absolute atomic E-state index is 0.218. The van der Waals surface area contributed by atoms with Gasteiger partial charge in [0.25, 0.3) is 5.91 Å². The van der Waals surface area contributed by atoms with Gasteiger partial charge in [0.1, 0.15) is 5.00 Å². The van der Waals surface area contributed by atoms with Crippen molar-refractivity contribution in [3.05, 3.63) is 40.5 Å². The quantitative estimate of drug-likeness (QED) is 0.809. The average molecular weight is 332 g/mol. The number of ether oxygens (including phenoxy) is 1. The zero-order valence-corrected chi connectivity index (χ0v) is 14.2. The number of fused-ring (bicyclic) bond motifs is 1. The highest BCUT2D eigenvalue weighted by atomic mass is 32.1. The largest absolute Gasteiger partial charge is 0.452 e. The summed E-state index contributed by atoms with van der Waals surface area (Å²) in [6, 6.07) is 3.87. The van der Waals surface area contributed by atoms with Gasteiger partial charge in [0.15, 0.2) is 6.61 Å². The molecule has 5 nitrogen and oxygen atoms in total. The van der Waals surface area contributed by atoms with E-state index in [4.69, 9.17) is 4.74 Å². The van der Waals surface area contributed by atoms with Crippen LogP contribution in [-0.4, -0.2) is 42.0 Å². The van der Waals surface area contributed by atoms with E-state index in [9.17, 15) is 9.59 Å². The first kappa shape index (κ1) is 15.8. The second kappa shape index (κ2) is 6.58. The maximum atomic E-state index is 12.6. The molecular formula is C17H20N2O3S. The molecule has 1 amide bonds. The monoisotopic (exact) mass is 332 g/mol. The van der Waals surface area contributed by atoms with Crippen LogP contribution >= 0.6 is 11.3 Å². The number of aryl methyl sites for hydroxylation is 1. The summed E-state index contributed by atoms with van der Waals surface area (Å²) in [6.45, 7) is -0.221. The number of nitrogens with zero attached hydrogens (tertiary/aromatic N) is 2. The van der Waals surface area contributed by atoms with E-state index in [1.165, 1.54) is 9.78 Å². The third-order valence-corrected chi connectivity index (χ3v) is 5.33. The summed E-state index contributed by atoms with van der Waals surface area (Å²) in [5, 5.41) is 0.893. The highest BCUT2D eigenvalue weighted by Crippen LogP contribution is 2.37. The molecule has 1 aliphatic rings. The van der Waals surface area contributed by atoms with Gasteiger partial charge in [-0.25, -0.2) is 4.79 Å². The number of carbonyl (C=O) groups excluding carboxylic acids is 2. The van der Waals surface area contributed by atoms with Gasteiger partial charge in [0.05, 0.1) is 5.56 Å². The Morgan fingerprint density at radius 2 is 1.91 bits per heavy atom. The third-order valence-electron chi connectivity index (χ3n) is 4.02. The number of likely N-dealkylation sites (N-methyl/N-ethyl adjacent to an activating group) is 1. The van der Waals surface area contributed by atoms with E-state index >= 15 is 0 Å². The molecule has 122 valence electrons. The molecule has 3 rings (SSSR count). The van der Waals surface area contributed by atoms with Gasteiger partial charge in [-0.2, -0.15) is 0 Å². The average Bonchev–Trinajstić information content (AvgIpc) is 3.18. The summed E-state index contributed by atoms with van der Waals surface area (Å²) in [6.07, 6.45) is 8.02. The number of hydrogen-bond donors (Lipinski definition) is 0. The second-order valence-corrected chi connectivity index (χ2v) is 6.93. The van der Waals surface area contributed by atoms with E-state index in [-0.39, 0.29) is 12.5 Å². The van der Waals surface area contributed by atoms with Crippen molar-refractivity contribution in [3.63, 3.8) is 0 Å². The molecule has 0 aliphatic heterocycles. The second-order valence-electron chi connectivity index (χ2n) is 5.85. The first-order valence-corrected chi connectivity index (χ1v) is 8.54. The Morgan fingerprint density at radius 1 is 1.22 bits per heavy atom. The highest BCUT2D eigenvalue weighted by Gasteiger charge is 2.27. The fourth-order valence-corrected chi connectivity index (χ4v) is 4.09. The number of hydrogen-bond acceptors (Lipinski definition) is 4. The fraction of sp³-hybridized carbons (Fsp3) is 0.412. The van der Waals surface area contributed by atoms with Crippen molar-refractivity contribution < 1.29 is 14.3 Å². The number of aromatic nitrogens is 1. The first-order chi connectivity index (χ1) is 11.1. The van der Waals surface area contributed by atoms with E-state index in [1.807, 2.05) is 29.1 Å². The molecule has 0 saturated carbocycles. The summed E-state index contributed by atoms with van der Waals surface area (Å²) in [4.78, 5) is 27.0. The zero-order chi connectivity index (χ0) is 16.4. The zero-order valence-electron chi connectivity index (χ0n) is 13.4. The van der Waals surface area contributed by atoms with Crippen molar-refractivity contribution in [1.82, 2.24) is 9.47 Å². The number of amides is 1. The van der Waals surface area contributed by atoms with Crippen LogP contribution in [0.25, 0.3) is 5.00 Å². The Hall–Kier alpha value is -2.08. The highest BCUT2D eigenvalue weighted by molar-refractivity contribution is 7.15. The lowest BCUT2D eigenvalue weighted by molar-refractivity contribution is -0.131. The van der Waals surface area contributed by atoms with Gasteiger partial charge in [-0.15, -0.1) is 11.3 Å². The van der Waals surface area contributed by atoms with E-state index < -0.39 is 5.97 Å². The normalized spacial score (nSPS) is 13.5. The molecule has 2 heterocycles. The van der Waals surface area contributed by atoms with Crippen molar-refractivity contribution in [3.8, 4) is 5.00 Å². The molecule has 23 heavy (non-hydrogen) atoms. The van der Waals surface area contributed by atoms with Crippen molar-refractivity contribution >= 4 is 23.2 Å². The van der Waals surface area contributed by atoms with Gasteiger partial charge in [-0.05, 0) is 43.4 Å². The van der Waals surface area contributed by atoms with E-state index in [0.717, 1.165) is 36.2 Å². The van der Waals surface area contributed by atoms with Crippen LogP contribution in [0.2, 0.25) is 0 Å². The molecule has 0 fully saturated rings. The molecule has 0 unspecified atom stereocenters. The van der Waals surface area contributed by atoms with E-state index in [1.54, 1.807) is 25.4 Å². The Balaban J connectivity index is 1.92. The van der Waals surface area contributed by atoms with Crippen LogP contribution in [0.15, 0.2) is 24.5 Å². The molecule has 0 N–H and O–H groups in total. The lowest BCUT2D eigenvalue weighted by Crippen LogP contribution is -2.28. The van der Waals surface area contributed by atoms with Gasteiger partial charge in [-0.1, -0.05) is 0 Å². The van der Waals surface area contributed by atoms with Crippen LogP contribution in [0.4, 0.5) is 0 Å². The molecule has 0 spiro atoms. The summed E-state index contributed by atoms with van der Waals surface area (Å²) < 4.78 is 7.23. The van der Waals surface area contributed by atoms with Crippen LogP contribution in [0.3, 0.4) is 0 Å². The molecule has 6 heteroatoms. The van der Waals surface area contributed by atoms with Crippen LogP contribution < -0.4 is 0 Å². The molecule has 0 saturated heterocycles. The number of carbonyl (C=O) groups is 2. The SMILES string of the molecule is CN(C)C(=O)COC(=O)c1c(-n2cccc2)sc2c1CCCC2. The topological polar surface area (TPSA) is 51.5 Å². The van der Waals surface area contributed by atoms with E-state index in [2.05, 4.69) is 0 Å². The molecule has 0 radical (unpaired) electrons. The standard InChI is InChI=1S/C17H20N2O3S/c1-18(2)14(20)11-22-17(21)15-12-7-3-4-8-13(12)23-16(15)19-9-5-6-10-19/h5-6,9-10H,3-4,7-8,11H2,1-2H3. The number of esters is 1. The molecule has 2 aromatic rings. The smallest absolute Gasteiger partial charge is 0.341 e. The van der Waals surface area contributed by atoms with Gasteiger partial charge in [0, 0.05) is 31.4 Å². The van der Waals surface area contributed by atoms with Crippen LogP contribution in [-0.2, 0) is 22.4 Å². The summed E-state index contributed by atoms with van der Waals surface area (Å²) in [5.74, 6) is -0.617. The van der Waals surface area contributed by atoms with Crippen molar-refractivity contribution in [2.45, 2.75) is 25.7 Å². The van der Waals surface area contributed by atoms with Crippen LogP contribution in [0.5, 0.6) is 0 Å². The Kier molecular flexibility index (Phi) is 4.52. The Bertz CT molecular complexity index is 717. The van der Waals surface area contributed by atoms with Gasteiger partial charge < -0.3 is 14.2 Å². The lowest BCUT2D eigenvalue weighted by Gasteiger charge is -2.14.